The Morgan fingerprint density at radius 2 is 2.13 bits per heavy atom. The summed E-state index contributed by atoms with van der Waals surface area (Å²) in [6.07, 6.45) is 8.41. The number of nitrogens with one attached hydrogen (secondary N) is 1. The average Bonchev–Trinajstić information content (AvgIpc) is 2.77. The van der Waals surface area contributed by atoms with Gasteiger partial charge in [-0.25, -0.2) is 0 Å². The third kappa shape index (κ3) is 2.94. The summed E-state index contributed by atoms with van der Waals surface area (Å²) in [5.74, 6) is 0. The predicted molar refractivity (Wildman–Crippen MR) is 63.0 cm³/mol. The minimum atomic E-state index is 0.510. The molecule has 88 valence electrons. The number of hydrogen-bond acceptors (Lipinski definition) is 2. The third-order valence-corrected chi connectivity index (χ3v) is 4.14. The SMILES string of the molecule is CC1(C)CCCC1NCCC1CCCO1. The van der Waals surface area contributed by atoms with Crippen LogP contribution in [0.3, 0.4) is 0 Å². The second-order valence-electron chi connectivity index (χ2n) is 5.81. The average molecular weight is 211 g/mol. The summed E-state index contributed by atoms with van der Waals surface area (Å²) < 4.78 is 5.63. The lowest BCUT2D eigenvalue weighted by Crippen LogP contribution is -2.39. The van der Waals surface area contributed by atoms with E-state index in [9.17, 15) is 0 Å². The first-order chi connectivity index (χ1) is 7.18. The Kier molecular flexibility index (Phi) is 3.68. The molecule has 2 fully saturated rings. The van der Waals surface area contributed by atoms with Gasteiger partial charge in [-0.3, -0.25) is 0 Å². The first-order valence-corrected chi connectivity index (χ1v) is 6.53. The van der Waals surface area contributed by atoms with Gasteiger partial charge in [-0.05, 0) is 44.1 Å². The van der Waals surface area contributed by atoms with Gasteiger partial charge in [0.05, 0.1) is 6.10 Å². The van der Waals surface area contributed by atoms with Gasteiger partial charge in [-0.1, -0.05) is 20.3 Å². The molecule has 2 unspecified atom stereocenters. The maximum absolute atomic E-state index is 5.63. The fourth-order valence-electron chi connectivity index (χ4n) is 3.00. The smallest absolute Gasteiger partial charge is 0.0588 e. The minimum absolute atomic E-state index is 0.510. The zero-order valence-electron chi connectivity index (χ0n) is 10.2. The normalized spacial score (nSPS) is 34.8. The van der Waals surface area contributed by atoms with E-state index in [1.807, 2.05) is 0 Å². The van der Waals surface area contributed by atoms with E-state index >= 15 is 0 Å². The summed E-state index contributed by atoms with van der Waals surface area (Å²) in [5.41, 5.74) is 0.510. The fraction of sp³-hybridized carbons (Fsp3) is 1.00. The van der Waals surface area contributed by atoms with Gasteiger partial charge in [0.15, 0.2) is 0 Å². The molecule has 2 atom stereocenters. The highest BCUT2D eigenvalue weighted by Gasteiger charge is 2.33. The molecular weight excluding hydrogens is 186 g/mol. The molecule has 1 saturated carbocycles. The van der Waals surface area contributed by atoms with Crippen molar-refractivity contribution >= 4 is 0 Å². The van der Waals surface area contributed by atoms with E-state index in [0.717, 1.165) is 19.2 Å². The largest absolute Gasteiger partial charge is 0.378 e. The minimum Gasteiger partial charge on any atom is -0.378 e. The lowest BCUT2D eigenvalue weighted by molar-refractivity contribution is 0.102. The lowest BCUT2D eigenvalue weighted by atomic mass is 9.87. The van der Waals surface area contributed by atoms with Crippen molar-refractivity contribution in [3.8, 4) is 0 Å². The second kappa shape index (κ2) is 4.84. The molecule has 2 heteroatoms. The Morgan fingerprint density at radius 3 is 2.73 bits per heavy atom. The summed E-state index contributed by atoms with van der Waals surface area (Å²) in [5, 5.41) is 3.72. The summed E-state index contributed by atoms with van der Waals surface area (Å²) in [6, 6.07) is 0.735. The van der Waals surface area contributed by atoms with Gasteiger partial charge in [-0.15, -0.1) is 0 Å². The Bertz CT molecular complexity index is 197. The molecule has 0 aromatic carbocycles. The van der Waals surface area contributed by atoms with Crippen LogP contribution < -0.4 is 5.32 Å². The van der Waals surface area contributed by atoms with Gasteiger partial charge >= 0.3 is 0 Å². The highest BCUT2D eigenvalue weighted by molar-refractivity contribution is 4.90. The Hall–Kier alpha value is -0.0800. The second-order valence-corrected chi connectivity index (χ2v) is 5.81. The summed E-state index contributed by atoms with van der Waals surface area (Å²) in [4.78, 5) is 0. The van der Waals surface area contributed by atoms with Crippen molar-refractivity contribution in [2.24, 2.45) is 5.41 Å². The first-order valence-electron chi connectivity index (χ1n) is 6.53. The maximum atomic E-state index is 5.63. The van der Waals surface area contributed by atoms with Crippen molar-refractivity contribution < 1.29 is 4.74 Å². The van der Waals surface area contributed by atoms with Gasteiger partial charge in [0.2, 0.25) is 0 Å². The Balaban J connectivity index is 1.64. The van der Waals surface area contributed by atoms with Gasteiger partial charge in [0, 0.05) is 12.6 Å². The van der Waals surface area contributed by atoms with Crippen LogP contribution in [0.4, 0.5) is 0 Å². The molecule has 1 aliphatic heterocycles. The van der Waals surface area contributed by atoms with Crippen LogP contribution in [0.15, 0.2) is 0 Å². The van der Waals surface area contributed by atoms with E-state index in [4.69, 9.17) is 4.74 Å². The first kappa shape index (κ1) is 11.4. The number of hydrogen-bond donors (Lipinski definition) is 1. The molecule has 0 bridgehead atoms. The summed E-state index contributed by atoms with van der Waals surface area (Å²) in [7, 11) is 0. The van der Waals surface area contributed by atoms with E-state index in [2.05, 4.69) is 19.2 Å². The van der Waals surface area contributed by atoms with Gasteiger partial charge in [-0.2, -0.15) is 0 Å². The molecule has 0 aromatic heterocycles. The molecule has 0 aromatic rings. The molecule has 0 spiro atoms. The lowest BCUT2D eigenvalue weighted by Gasteiger charge is -2.28. The Morgan fingerprint density at radius 1 is 1.27 bits per heavy atom. The molecule has 2 nitrogen and oxygen atoms in total. The zero-order valence-corrected chi connectivity index (χ0v) is 10.2. The molecule has 0 amide bonds. The molecular formula is C13H25NO. The third-order valence-electron chi connectivity index (χ3n) is 4.14. The molecule has 1 N–H and O–H groups in total. The van der Waals surface area contributed by atoms with E-state index in [1.165, 1.54) is 38.5 Å². The standard InChI is InChI=1S/C13H25NO/c1-13(2)8-3-6-12(13)14-9-7-11-5-4-10-15-11/h11-12,14H,3-10H2,1-2H3. The van der Waals surface area contributed by atoms with Gasteiger partial charge in [0.1, 0.15) is 0 Å². The summed E-state index contributed by atoms with van der Waals surface area (Å²) >= 11 is 0. The van der Waals surface area contributed by atoms with Crippen molar-refractivity contribution in [3.63, 3.8) is 0 Å². The highest BCUT2D eigenvalue weighted by Crippen LogP contribution is 2.37. The summed E-state index contributed by atoms with van der Waals surface area (Å²) in [6.45, 7) is 6.91. The molecule has 15 heavy (non-hydrogen) atoms. The van der Waals surface area contributed by atoms with Crippen molar-refractivity contribution in [2.75, 3.05) is 13.2 Å². The van der Waals surface area contributed by atoms with Crippen molar-refractivity contribution in [1.82, 2.24) is 5.32 Å². The van der Waals surface area contributed by atoms with E-state index in [-0.39, 0.29) is 0 Å². The molecule has 1 aliphatic carbocycles. The Labute approximate surface area is 93.8 Å². The van der Waals surface area contributed by atoms with E-state index < -0.39 is 0 Å². The number of rotatable bonds is 4. The van der Waals surface area contributed by atoms with Crippen molar-refractivity contribution in [3.05, 3.63) is 0 Å². The van der Waals surface area contributed by atoms with Gasteiger partial charge < -0.3 is 10.1 Å². The van der Waals surface area contributed by atoms with Crippen LogP contribution in [-0.4, -0.2) is 25.3 Å². The van der Waals surface area contributed by atoms with Crippen LogP contribution in [-0.2, 0) is 4.74 Å². The van der Waals surface area contributed by atoms with Crippen LogP contribution in [0.5, 0.6) is 0 Å². The highest BCUT2D eigenvalue weighted by atomic mass is 16.5. The topological polar surface area (TPSA) is 21.3 Å². The zero-order chi connectivity index (χ0) is 10.7. The number of ether oxygens (including phenoxy) is 1. The van der Waals surface area contributed by atoms with Crippen LogP contribution >= 0.6 is 0 Å². The predicted octanol–water partition coefficient (Wildman–Crippen LogP) is 2.72. The van der Waals surface area contributed by atoms with Crippen LogP contribution in [0, 0.1) is 5.41 Å². The van der Waals surface area contributed by atoms with E-state index in [1.54, 1.807) is 0 Å². The molecule has 0 radical (unpaired) electrons. The van der Waals surface area contributed by atoms with Gasteiger partial charge in [0.25, 0.3) is 0 Å². The van der Waals surface area contributed by atoms with E-state index in [0.29, 0.717) is 11.5 Å². The molecule has 1 saturated heterocycles. The molecule has 2 aliphatic rings. The van der Waals surface area contributed by atoms with Crippen molar-refractivity contribution in [1.29, 1.82) is 0 Å². The molecule has 2 rings (SSSR count). The fourth-order valence-corrected chi connectivity index (χ4v) is 3.00. The van der Waals surface area contributed by atoms with Crippen LogP contribution in [0.1, 0.15) is 52.4 Å². The molecule has 1 heterocycles. The van der Waals surface area contributed by atoms with Crippen molar-refractivity contribution in [2.45, 2.75) is 64.5 Å². The monoisotopic (exact) mass is 211 g/mol. The van der Waals surface area contributed by atoms with Crippen LogP contribution in [0.2, 0.25) is 0 Å². The van der Waals surface area contributed by atoms with Crippen LogP contribution in [0.25, 0.3) is 0 Å². The maximum Gasteiger partial charge on any atom is 0.0588 e. The quantitative estimate of drug-likeness (QED) is 0.772.